The number of aromatic nitrogens is 1. The molecular formula is C22H23N3O. The number of hydrogen-bond donors (Lipinski definition) is 1. The zero-order valence-corrected chi connectivity index (χ0v) is 14.8. The van der Waals surface area contributed by atoms with Crippen molar-refractivity contribution in [1.82, 2.24) is 9.88 Å². The molecule has 0 unspecified atom stereocenters. The van der Waals surface area contributed by atoms with Crippen LogP contribution in [0.4, 0.5) is 5.69 Å². The van der Waals surface area contributed by atoms with E-state index in [2.05, 4.69) is 51.2 Å². The van der Waals surface area contributed by atoms with Crippen LogP contribution in [-0.4, -0.2) is 41.2 Å². The molecule has 1 N–H and O–H groups in total. The fourth-order valence-electron chi connectivity index (χ4n) is 3.45. The van der Waals surface area contributed by atoms with Crippen LogP contribution in [0, 0.1) is 0 Å². The highest BCUT2D eigenvalue weighted by Crippen LogP contribution is 2.26. The molecule has 1 aromatic heterocycles. The van der Waals surface area contributed by atoms with Crippen molar-refractivity contribution >= 4 is 5.69 Å². The molecule has 0 radical (unpaired) electrons. The van der Waals surface area contributed by atoms with E-state index in [-0.39, 0.29) is 0 Å². The summed E-state index contributed by atoms with van der Waals surface area (Å²) in [5, 5.41) is 10.3. The summed E-state index contributed by atoms with van der Waals surface area (Å²) in [5.41, 5.74) is 4.22. The maximum absolute atomic E-state index is 10.3. The Kier molecular flexibility index (Phi) is 4.84. The second kappa shape index (κ2) is 7.58. The molecule has 3 aromatic rings. The van der Waals surface area contributed by atoms with E-state index in [0.29, 0.717) is 5.75 Å². The van der Waals surface area contributed by atoms with Gasteiger partial charge in [-0.05, 0) is 42.5 Å². The molecule has 4 nitrogen and oxygen atoms in total. The standard InChI is InChI=1S/C22H23N3O/c26-22-10-9-18(21-8-4-5-11-23-21)16-19(22)17-24-12-14-25(15-13-24)20-6-2-1-3-7-20/h1-11,16,26H,12-15,17H2. The number of phenols is 1. The lowest BCUT2D eigenvalue weighted by Crippen LogP contribution is -2.45. The molecule has 4 rings (SSSR count). The first-order valence-electron chi connectivity index (χ1n) is 9.05. The molecule has 2 heterocycles. The van der Waals surface area contributed by atoms with Crippen LogP contribution in [-0.2, 0) is 6.54 Å². The van der Waals surface area contributed by atoms with Gasteiger partial charge in [0.15, 0.2) is 0 Å². The molecule has 1 aliphatic rings. The number of para-hydroxylation sites is 1. The Hall–Kier alpha value is -2.85. The van der Waals surface area contributed by atoms with Gasteiger partial charge in [0, 0.05) is 55.7 Å². The van der Waals surface area contributed by atoms with Gasteiger partial charge in [0.25, 0.3) is 0 Å². The lowest BCUT2D eigenvalue weighted by Gasteiger charge is -2.36. The van der Waals surface area contributed by atoms with Crippen molar-refractivity contribution in [3.05, 3.63) is 78.5 Å². The van der Waals surface area contributed by atoms with Crippen molar-refractivity contribution in [3.8, 4) is 17.0 Å². The summed E-state index contributed by atoms with van der Waals surface area (Å²) in [6.45, 7) is 4.74. The molecule has 0 aliphatic carbocycles. The Morgan fingerprint density at radius 1 is 0.846 bits per heavy atom. The normalized spacial score (nSPS) is 15.2. The van der Waals surface area contributed by atoms with Crippen molar-refractivity contribution in [2.75, 3.05) is 31.1 Å². The van der Waals surface area contributed by atoms with Crippen molar-refractivity contribution in [1.29, 1.82) is 0 Å². The van der Waals surface area contributed by atoms with Gasteiger partial charge in [0.1, 0.15) is 5.75 Å². The minimum absolute atomic E-state index is 0.357. The summed E-state index contributed by atoms with van der Waals surface area (Å²) in [6, 6.07) is 22.2. The number of anilines is 1. The fraction of sp³-hybridized carbons (Fsp3) is 0.227. The molecule has 132 valence electrons. The molecular weight excluding hydrogens is 322 g/mol. The Morgan fingerprint density at radius 2 is 1.62 bits per heavy atom. The number of piperazine rings is 1. The van der Waals surface area contributed by atoms with E-state index in [0.717, 1.165) is 49.5 Å². The van der Waals surface area contributed by atoms with Gasteiger partial charge in [-0.3, -0.25) is 9.88 Å². The van der Waals surface area contributed by atoms with Gasteiger partial charge in [-0.1, -0.05) is 24.3 Å². The Labute approximate surface area is 154 Å². The first-order valence-corrected chi connectivity index (χ1v) is 9.05. The van der Waals surface area contributed by atoms with E-state index in [1.54, 1.807) is 12.3 Å². The maximum Gasteiger partial charge on any atom is 0.120 e. The number of phenolic OH excluding ortho intramolecular Hbond substituents is 1. The van der Waals surface area contributed by atoms with Crippen LogP contribution < -0.4 is 4.90 Å². The van der Waals surface area contributed by atoms with Crippen molar-refractivity contribution in [3.63, 3.8) is 0 Å². The highest BCUT2D eigenvalue weighted by Gasteiger charge is 2.18. The molecule has 0 saturated carbocycles. The van der Waals surface area contributed by atoms with Crippen LogP contribution in [0.1, 0.15) is 5.56 Å². The quantitative estimate of drug-likeness (QED) is 0.781. The molecule has 0 bridgehead atoms. The molecule has 1 saturated heterocycles. The zero-order valence-electron chi connectivity index (χ0n) is 14.8. The summed E-state index contributed by atoms with van der Waals surface area (Å²) in [7, 11) is 0. The van der Waals surface area contributed by atoms with E-state index in [1.165, 1.54) is 5.69 Å². The molecule has 0 atom stereocenters. The Bertz CT molecular complexity index is 844. The molecule has 4 heteroatoms. The van der Waals surface area contributed by atoms with Gasteiger partial charge in [-0.15, -0.1) is 0 Å². The van der Waals surface area contributed by atoms with E-state index < -0.39 is 0 Å². The number of rotatable bonds is 4. The molecule has 26 heavy (non-hydrogen) atoms. The average molecular weight is 345 g/mol. The zero-order chi connectivity index (χ0) is 17.8. The van der Waals surface area contributed by atoms with Crippen molar-refractivity contribution < 1.29 is 5.11 Å². The third-order valence-corrected chi connectivity index (χ3v) is 4.93. The highest BCUT2D eigenvalue weighted by molar-refractivity contribution is 5.61. The van der Waals surface area contributed by atoms with E-state index in [1.807, 2.05) is 24.3 Å². The van der Waals surface area contributed by atoms with E-state index >= 15 is 0 Å². The third-order valence-electron chi connectivity index (χ3n) is 4.93. The maximum atomic E-state index is 10.3. The summed E-state index contributed by atoms with van der Waals surface area (Å²) in [4.78, 5) is 9.23. The van der Waals surface area contributed by atoms with Crippen LogP contribution in [0.25, 0.3) is 11.3 Å². The number of benzene rings is 2. The molecule has 1 aliphatic heterocycles. The smallest absolute Gasteiger partial charge is 0.120 e. The summed E-state index contributed by atoms with van der Waals surface area (Å²) in [5.74, 6) is 0.357. The van der Waals surface area contributed by atoms with Crippen LogP contribution >= 0.6 is 0 Å². The second-order valence-electron chi connectivity index (χ2n) is 6.66. The van der Waals surface area contributed by atoms with Gasteiger partial charge in [0.2, 0.25) is 0 Å². The Balaban J connectivity index is 1.43. The summed E-state index contributed by atoms with van der Waals surface area (Å²) in [6.07, 6.45) is 1.80. The Morgan fingerprint density at radius 3 is 2.35 bits per heavy atom. The first-order chi connectivity index (χ1) is 12.8. The topological polar surface area (TPSA) is 39.6 Å². The molecule has 2 aromatic carbocycles. The predicted octanol–water partition coefficient (Wildman–Crippen LogP) is 3.78. The van der Waals surface area contributed by atoms with Gasteiger partial charge < -0.3 is 10.0 Å². The van der Waals surface area contributed by atoms with Crippen LogP contribution in [0.5, 0.6) is 5.75 Å². The number of pyridine rings is 1. The molecule has 0 spiro atoms. The van der Waals surface area contributed by atoms with E-state index in [4.69, 9.17) is 0 Å². The summed E-state index contributed by atoms with van der Waals surface area (Å²) >= 11 is 0. The first kappa shape index (κ1) is 16.6. The molecule has 0 amide bonds. The predicted molar refractivity (Wildman–Crippen MR) is 105 cm³/mol. The van der Waals surface area contributed by atoms with Gasteiger partial charge in [-0.25, -0.2) is 0 Å². The number of nitrogens with zero attached hydrogens (tertiary/aromatic N) is 3. The van der Waals surface area contributed by atoms with Crippen LogP contribution in [0.15, 0.2) is 72.9 Å². The van der Waals surface area contributed by atoms with Gasteiger partial charge in [0.05, 0.1) is 5.69 Å². The van der Waals surface area contributed by atoms with Crippen LogP contribution in [0.3, 0.4) is 0 Å². The fourth-order valence-corrected chi connectivity index (χ4v) is 3.45. The average Bonchev–Trinajstić information content (AvgIpc) is 2.71. The van der Waals surface area contributed by atoms with Crippen molar-refractivity contribution in [2.24, 2.45) is 0 Å². The lowest BCUT2D eigenvalue weighted by atomic mass is 10.1. The third kappa shape index (κ3) is 3.70. The van der Waals surface area contributed by atoms with E-state index in [9.17, 15) is 5.11 Å². The van der Waals surface area contributed by atoms with Crippen LogP contribution in [0.2, 0.25) is 0 Å². The largest absolute Gasteiger partial charge is 0.508 e. The molecule has 1 fully saturated rings. The minimum atomic E-state index is 0.357. The SMILES string of the molecule is Oc1ccc(-c2ccccn2)cc1CN1CCN(c2ccccc2)CC1. The minimum Gasteiger partial charge on any atom is -0.508 e. The number of hydrogen-bond acceptors (Lipinski definition) is 4. The summed E-state index contributed by atoms with van der Waals surface area (Å²) < 4.78 is 0. The van der Waals surface area contributed by atoms with Gasteiger partial charge in [-0.2, -0.15) is 0 Å². The monoisotopic (exact) mass is 345 g/mol. The van der Waals surface area contributed by atoms with Crippen molar-refractivity contribution in [2.45, 2.75) is 6.54 Å². The number of aromatic hydroxyl groups is 1. The van der Waals surface area contributed by atoms with Gasteiger partial charge >= 0.3 is 0 Å². The highest BCUT2D eigenvalue weighted by atomic mass is 16.3. The lowest BCUT2D eigenvalue weighted by molar-refractivity contribution is 0.247. The second-order valence-corrected chi connectivity index (χ2v) is 6.66.